The summed E-state index contributed by atoms with van der Waals surface area (Å²) in [4.78, 5) is 2.60. The van der Waals surface area contributed by atoms with E-state index in [1.807, 2.05) is 7.11 Å². The number of nitrogens with zero attached hydrogens (tertiary/aromatic N) is 1. The molecule has 0 amide bonds. The molecule has 2 rings (SSSR count). The van der Waals surface area contributed by atoms with Crippen molar-refractivity contribution in [2.75, 3.05) is 33.3 Å². The lowest BCUT2D eigenvalue weighted by Gasteiger charge is -2.39. The zero-order chi connectivity index (χ0) is 13.0. The second-order valence-electron chi connectivity index (χ2n) is 6.25. The van der Waals surface area contributed by atoms with Crippen molar-refractivity contribution >= 4 is 0 Å². The molecule has 18 heavy (non-hydrogen) atoms. The summed E-state index contributed by atoms with van der Waals surface area (Å²) in [6.45, 7) is 9.43. The molecule has 3 nitrogen and oxygen atoms in total. The van der Waals surface area contributed by atoms with Gasteiger partial charge < -0.3 is 10.1 Å². The maximum Gasteiger partial charge on any atom is 0.0724 e. The largest absolute Gasteiger partial charge is 0.380 e. The number of piperidine rings is 2. The van der Waals surface area contributed by atoms with E-state index in [2.05, 4.69) is 24.1 Å². The van der Waals surface area contributed by atoms with Crippen molar-refractivity contribution in [1.29, 1.82) is 0 Å². The van der Waals surface area contributed by atoms with Crippen LogP contribution >= 0.6 is 0 Å². The first kappa shape index (κ1) is 14.3. The van der Waals surface area contributed by atoms with Crippen LogP contribution in [0.2, 0.25) is 0 Å². The predicted molar refractivity (Wildman–Crippen MR) is 75.8 cm³/mol. The third kappa shape index (κ3) is 3.69. The highest BCUT2D eigenvalue weighted by atomic mass is 16.5. The molecule has 0 saturated carbocycles. The highest BCUT2D eigenvalue weighted by Crippen LogP contribution is 2.23. The molecule has 2 saturated heterocycles. The monoisotopic (exact) mass is 254 g/mol. The minimum atomic E-state index is 0.435. The molecule has 0 aromatic rings. The van der Waals surface area contributed by atoms with E-state index >= 15 is 0 Å². The summed E-state index contributed by atoms with van der Waals surface area (Å²) < 4.78 is 5.60. The first-order valence-corrected chi connectivity index (χ1v) is 7.71. The molecule has 2 aliphatic heterocycles. The molecule has 0 radical (unpaired) electrons. The standard InChI is InChI=1S/C15H30N2O/c1-4-13-5-7-16-14(9-13)10-17-8-6-12(2)15(11-17)18-3/h12-16H,4-11H2,1-3H3. The third-order valence-corrected chi connectivity index (χ3v) is 4.94. The van der Waals surface area contributed by atoms with E-state index in [-0.39, 0.29) is 0 Å². The summed E-state index contributed by atoms with van der Waals surface area (Å²) in [6, 6.07) is 0.703. The molecule has 0 aliphatic carbocycles. The lowest BCUT2D eigenvalue weighted by Crippen LogP contribution is -2.51. The van der Waals surface area contributed by atoms with Crippen LogP contribution < -0.4 is 5.32 Å². The fraction of sp³-hybridized carbons (Fsp3) is 1.00. The van der Waals surface area contributed by atoms with Crippen LogP contribution in [0.15, 0.2) is 0 Å². The Hall–Kier alpha value is -0.120. The number of hydrogen-bond donors (Lipinski definition) is 1. The smallest absolute Gasteiger partial charge is 0.0724 e. The lowest BCUT2D eigenvalue weighted by atomic mass is 9.89. The summed E-state index contributed by atoms with van der Waals surface area (Å²) in [5.41, 5.74) is 0. The molecule has 0 aromatic heterocycles. The van der Waals surface area contributed by atoms with Crippen LogP contribution in [0.5, 0.6) is 0 Å². The van der Waals surface area contributed by atoms with Gasteiger partial charge in [0, 0.05) is 26.2 Å². The molecule has 2 aliphatic rings. The Bertz CT molecular complexity index is 247. The lowest BCUT2D eigenvalue weighted by molar-refractivity contribution is -0.00890. The summed E-state index contributed by atoms with van der Waals surface area (Å²) in [5.74, 6) is 1.66. The van der Waals surface area contributed by atoms with Gasteiger partial charge in [0.15, 0.2) is 0 Å². The number of ether oxygens (including phenoxy) is 1. The molecule has 0 spiro atoms. The highest BCUT2D eigenvalue weighted by molar-refractivity contribution is 4.84. The Balaban J connectivity index is 1.78. The molecular weight excluding hydrogens is 224 g/mol. The summed E-state index contributed by atoms with van der Waals surface area (Å²) in [5, 5.41) is 3.69. The fourth-order valence-corrected chi connectivity index (χ4v) is 3.49. The van der Waals surface area contributed by atoms with Gasteiger partial charge in [0.25, 0.3) is 0 Å². The van der Waals surface area contributed by atoms with Gasteiger partial charge in [-0.25, -0.2) is 0 Å². The van der Waals surface area contributed by atoms with Gasteiger partial charge in [-0.15, -0.1) is 0 Å². The quantitative estimate of drug-likeness (QED) is 0.832. The number of hydrogen-bond acceptors (Lipinski definition) is 3. The van der Waals surface area contributed by atoms with E-state index < -0.39 is 0 Å². The van der Waals surface area contributed by atoms with E-state index in [9.17, 15) is 0 Å². The topological polar surface area (TPSA) is 24.5 Å². The Morgan fingerprint density at radius 2 is 2.17 bits per heavy atom. The SMILES string of the molecule is CCC1CCNC(CN2CCC(C)C(OC)C2)C1. The van der Waals surface area contributed by atoms with Crippen molar-refractivity contribution in [2.24, 2.45) is 11.8 Å². The summed E-state index contributed by atoms with van der Waals surface area (Å²) in [6.07, 6.45) is 5.79. The average Bonchev–Trinajstić information content (AvgIpc) is 2.41. The van der Waals surface area contributed by atoms with Crippen LogP contribution in [0.1, 0.15) is 39.5 Å². The Morgan fingerprint density at radius 1 is 1.33 bits per heavy atom. The molecule has 2 fully saturated rings. The van der Waals surface area contributed by atoms with Gasteiger partial charge >= 0.3 is 0 Å². The van der Waals surface area contributed by atoms with Crippen LogP contribution in [0.3, 0.4) is 0 Å². The zero-order valence-electron chi connectivity index (χ0n) is 12.3. The van der Waals surface area contributed by atoms with E-state index in [1.165, 1.54) is 45.3 Å². The molecule has 2 heterocycles. The van der Waals surface area contributed by atoms with E-state index in [4.69, 9.17) is 4.74 Å². The van der Waals surface area contributed by atoms with Gasteiger partial charge in [-0.3, -0.25) is 4.90 Å². The van der Waals surface area contributed by atoms with E-state index in [0.29, 0.717) is 18.1 Å². The minimum absolute atomic E-state index is 0.435. The van der Waals surface area contributed by atoms with Gasteiger partial charge in [-0.2, -0.15) is 0 Å². The van der Waals surface area contributed by atoms with Crippen molar-refractivity contribution in [3.05, 3.63) is 0 Å². The number of likely N-dealkylation sites (tertiary alicyclic amines) is 1. The number of rotatable bonds is 4. The molecule has 3 heteroatoms. The van der Waals surface area contributed by atoms with Gasteiger partial charge in [0.1, 0.15) is 0 Å². The molecule has 0 aromatic carbocycles. The molecule has 1 N–H and O–H groups in total. The van der Waals surface area contributed by atoms with Crippen molar-refractivity contribution in [3.63, 3.8) is 0 Å². The second-order valence-corrected chi connectivity index (χ2v) is 6.25. The highest BCUT2D eigenvalue weighted by Gasteiger charge is 2.28. The zero-order valence-corrected chi connectivity index (χ0v) is 12.3. The van der Waals surface area contributed by atoms with Crippen LogP contribution in [0, 0.1) is 11.8 Å². The second kappa shape index (κ2) is 6.88. The van der Waals surface area contributed by atoms with Gasteiger partial charge in [0.05, 0.1) is 6.10 Å². The van der Waals surface area contributed by atoms with Crippen LogP contribution in [-0.2, 0) is 4.74 Å². The first-order chi connectivity index (χ1) is 8.72. The van der Waals surface area contributed by atoms with E-state index in [1.54, 1.807) is 0 Å². The van der Waals surface area contributed by atoms with Crippen LogP contribution in [0.4, 0.5) is 0 Å². The maximum absolute atomic E-state index is 5.60. The van der Waals surface area contributed by atoms with Crippen LogP contribution in [-0.4, -0.2) is 50.3 Å². The minimum Gasteiger partial charge on any atom is -0.380 e. The van der Waals surface area contributed by atoms with Crippen molar-refractivity contribution < 1.29 is 4.74 Å². The van der Waals surface area contributed by atoms with E-state index in [0.717, 1.165) is 12.5 Å². The summed E-state index contributed by atoms with van der Waals surface area (Å²) >= 11 is 0. The Morgan fingerprint density at radius 3 is 2.89 bits per heavy atom. The van der Waals surface area contributed by atoms with Crippen molar-refractivity contribution in [2.45, 2.75) is 51.7 Å². The third-order valence-electron chi connectivity index (χ3n) is 4.94. The molecular formula is C15H30N2O. The van der Waals surface area contributed by atoms with Crippen molar-refractivity contribution in [1.82, 2.24) is 10.2 Å². The predicted octanol–water partition coefficient (Wildman–Crippen LogP) is 2.12. The van der Waals surface area contributed by atoms with Crippen molar-refractivity contribution in [3.8, 4) is 0 Å². The Labute approximate surface area is 112 Å². The van der Waals surface area contributed by atoms with Gasteiger partial charge in [-0.05, 0) is 44.2 Å². The molecule has 0 bridgehead atoms. The molecule has 106 valence electrons. The van der Waals surface area contributed by atoms with Crippen LogP contribution in [0.25, 0.3) is 0 Å². The number of nitrogens with one attached hydrogen (secondary N) is 1. The summed E-state index contributed by atoms with van der Waals surface area (Å²) in [7, 11) is 1.86. The van der Waals surface area contributed by atoms with Gasteiger partial charge in [-0.1, -0.05) is 20.3 Å². The normalized spacial score (nSPS) is 38.8. The molecule has 4 unspecified atom stereocenters. The first-order valence-electron chi connectivity index (χ1n) is 7.71. The average molecular weight is 254 g/mol. The Kier molecular flexibility index (Phi) is 5.46. The number of methoxy groups -OCH3 is 1. The fourth-order valence-electron chi connectivity index (χ4n) is 3.49. The molecule has 4 atom stereocenters. The maximum atomic E-state index is 5.60. The van der Waals surface area contributed by atoms with Gasteiger partial charge in [0.2, 0.25) is 0 Å².